The fourth-order valence-electron chi connectivity index (χ4n) is 2.87. The van der Waals surface area contributed by atoms with E-state index in [1.165, 1.54) is 38.9 Å². The molecule has 76 valence electrons. The highest BCUT2D eigenvalue weighted by Crippen LogP contribution is 2.26. The first-order valence-electron chi connectivity index (χ1n) is 5.75. The maximum atomic E-state index is 3.64. The summed E-state index contributed by atoms with van der Waals surface area (Å²) in [5.74, 6) is 0.819. The molecule has 1 N–H and O–H groups in total. The van der Waals surface area contributed by atoms with E-state index in [4.69, 9.17) is 0 Å². The summed E-state index contributed by atoms with van der Waals surface area (Å²) in [6, 6.07) is 1.67. The lowest BCUT2D eigenvalue weighted by Crippen LogP contribution is -2.56. The topological polar surface area (TPSA) is 15.3 Å². The van der Waals surface area contributed by atoms with Gasteiger partial charge in [0.2, 0.25) is 0 Å². The first kappa shape index (κ1) is 9.47. The van der Waals surface area contributed by atoms with Crippen molar-refractivity contribution in [1.82, 2.24) is 10.2 Å². The summed E-state index contributed by atoms with van der Waals surface area (Å²) in [4.78, 5) is 2.71. The van der Waals surface area contributed by atoms with Crippen LogP contribution in [0.15, 0.2) is 0 Å². The minimum Gasteiger partial charge on any atom is -0.311 e. The number of rotatable bonds is 2. The van der Waals surface area contributed by atoms with Crippen molar-refractivity contribution in [3.63, 3.8) is 0 Å². The summed E-state index contributed by atoms with van der Waals surface area (Å²) in [6.45, 7) is 8.41. The van der Waals surface area contributed by atoms with Crippen LogP contribution in [0, 0.1) is 5.92 Å². The van der Waals surface area contributed by atoms with Gasteiger partial charge < -0.3 is 5.32 Å². The van der Waals surface area contributed by atoms with Gasteiger partial charge in [-0.15, -0.1) is 0 Å². The number of nitrogens with zero attached hydrogens (tertiary/aromatic N) is 1. The van der Waals surface area contributed by atoms with Gasteiger partial charge >= 0.3 is 0 Å². The van der Waals surface area contributed by atoms with E-state index in [0.29, 0.717) is 0 Å². The molecule has 1 heterocycles. The Hall–Kier alpha value is -0.0800. The maximum absolute atomic E-state index is 3.64. The Balaban J connectivity index is 1.93. The van der Waals surface area contributed by atoms with Crippen LogP contribution >= 0.6 is 0 Å². The van der Waals surface area contributed by atoms with Crippen LogP contribution in [0.4, 0.5) is 0 Å². The third-order valence-electron chi connectivity index (χ3n) is 3.35. The Morgan fingerprint density at radius 1 is 1.38 bits per heavy atom. The van der Waals surface area contributed by atoms with Gasteiger partial charge in [-0.1, -0.05) is 20.3 Å². The maximum Gasteiger partial charge on any atom is 0.0250 e. The first-order chi connectivity index (χ1) is 6.27. The Kier molecular flexibility index (Phi) is 2.89. The largest absolute Gasteiger partial charge is 0.311 e. The van der Waals surface area contributed by atoms with Crippen LogP contribution in [0.2, 0.25) is 0 Å². The number of nitrogens with one attached hydrogen (secondary N) is 1. The predicted molar refractivity (Wildman–Crippen MR) is 55.8 cm³/mol. The molecule has 0 amide bonds. The van der Waals surface area contributed by atoms with Crippen molar-refractivity contribution in [3.8, 4) is 0 Å². The third kappa shape index (κ3) is 2.05. The average Bonchev–Trinajstić information content (AvgIpc) is 2.51. The van der Waals surface area contributed by atoms with E-state index in [0.717, 1.165) is 18.0 Å². The Labute approximate surface area is 81.7 Å². The van der Waals surface area contributed by atoms with Crippen molar-refractivity contribution in [3.05, 3.63) is 0 Å². The van der Waals surface area contributed by atoms with Gasteiger partial charge in [-0.05, 0) is 18.8 Å². The van der Waals surface area contributed by atoms with Crippen molar-refractivity contribution in [2.24, 2.45) is 5.92 Å². The van der Waals surface area contributed by atoms with Gasteiger partial charge in [0.05, 0.1) is 0 Å². The molecule has 13 heavy (non-hydrogen) atoms. The molecule has 1 aliphatic heterocycles. The molecule has 2 atom stereocenters. The molecule has 2 heteroatoms. The molecule has 0 aromatic rings. The van der Waals surface area contributed by atoms with Gasteiger partial charge in [-0.2, -0.15) is 0 Å². The van der Waals surface area contributed by atoms with Gasteiger partial charge in [0.25, 0.3) is 0 Å². The Morgan fingerprint density at radius 3 is 3.00 bits per heavy atom. The molecule has 0 radical (unpaired) electrons. The SMILES string of the molecule is CC(C)CN1CCN[C@H]2CCC[C@@H]21. The quantitative estimate of drug-likeness (QED) is 0.695. The lowest BCUT2D eigenvalue weighted by molar-refractivity contribution is 0.122. The van der Waals surface area contributed by atoms with Crippen LogP contribution in [-0.4, -0.2) is 36.6 Å². The summed E-state index contributed by atoms with van der Waals surface area (Å²) in [7, 11) is 0. The van der Waals surface area contributed by atoms with Gasteiger partial charge in [-0.3, -0.25) is 4.90 Å². The summed E-state index contributed by atoms with van der Waals surface area (Å²) < 4.78 is 0. The standard InChI is InChI=1S/C11H22N2/c1-9(2)8-13-7-6-12-10-4-3-5-11(10)13/h9-12H,3-8H2,1-2H3/t10-,11-/m0/s1. The second-order valence-electron chi connectivity index (χ2n) is 4.95. The summed E-state index contributed by atoms with van der Waals surface area (Å²) in [6.07, 6.45) is 4.25. The van der Waals surface area contributed by atoms with E-state index in [2.05, 4.69) is 24.1 Å². The normalized spacial score (nSPS) is 35.3. The lowest BCUT2D eigenvalue weighted by Gasteiger charge is -2.39. The third-order valence-corrected chi connectivity index (χ3v) is 3.35. The first-order valence-corrected chi connectivity index (χ1v) is 5.75. The Bertz CT molecular complexity index is 167. The predicted octanol–water partition coefficient (Wildman–Crippen LogP) is 1.47. The smallest absolute Gasteiger partial charge is 0.0250 e. The molecular weight excluding hydrogens is 160 g/mol. The number of hydrogen-bond donors (Lipinski definition) is 1. The summed E-state index contributed by atoms with van der Waals surface area (Å²) >= 11 is 0. The highest BCUT2D eigenvalue weighted by molar-refractivity contribution is 4.94. The minimum absolute atomic E-state index is 0.812. The zero-order valence-corrected chi connectivity index (χ0v) is 8.92. The van der Waals surface area contributed by atoms with Crippen molar-refractivity contribution >= 4 is 0 Å². The van der Waals surface area contributed by atoms with Crippen LogP contribution in [0.3, 0.4) is 0 Å². The van der Waals surface area contributed by atoms with Crippen LogP contribution < -0.4 is 5.32 Å². The van der Waals surface area contributed by atoms with Crippen molar-refractivity contribution in [2.75, 3.05) is 19.6 Å². The number of piperazine rings is 1. The molecule has 0 aromatic carbocycles. The highest BCUT2D eigenvalue weighted by atomic mass is 15.2. The van der Waals surface area contributed by atoms with Crippen molar-refractivity contribution < 1.29 is 0 Å². The molecule has 2 nitrogen and oxygen atoms in total. The van der Waals surface area contributed by atoms with Crippen LogP contribution in [0.25, 0.3) is 0 Å². The van der Waals surface area contributed by atoms with Crippen molar-refractivity contribution in [1.29, 1.82) is 0 Å². The molecule has 2 aliphatic rings. The molecule has 2 fully saturated rings. The molecule has 1 saturated carbocycles. The molecule has 0 unspecified atom stereocenters. The zero-order chi connectivity index (χ0) is 9.26. The van der Waals surface area contributed by atoms with Gasteiger partial charge in [-0.25, -0.2) is 0 Å². The van der Waals surface area contributed by atoms with Crippen molar-refractivity contribution in [2.45, 2.75) is 45.2 Å². The average molecular weight is 182 g/mol. The molecular formula is C11H22N2. The summed E-state index contributed by atoms with van der Waals surface area (Å²) in [5.41, 5.74) is 0. The second kappa shape index (κ2) is 3.97. The van der Waals surface area contributed by atoms with E-state index in [1.54, 1.807) is 0 Å². The van der Waals surface area contributed by atoms with Gasteiger partial charge in [0, 0.05) is 31.7 Å². The Morgan fingerprint density at radius 2 is 2.23 bits per heavy atom. The molecule has 2 rings (SSSR count). The van der Waals surface area contributed by atoms with Crippen LogP contribution in [0.5, 0.6) is 0 Å². The minimum atomic E-state index is 0.812. The monoisotopic (exact) mass is 182 g/mol. The molecule has 1 saturated heterocycles. The van der Waals surface area contributed by atoms with E-state index in [9.17, 15) is 0 Å². The molecule has 1 aliphatic carbocycles. The fraction of sp³-hybridized carbons (Fsp3) is 1.00. The van der Waals surface area contributed by atoms with Gasteiger partial charge in [0.15, 0.2) is 0 Å². The van der Waals surface area contributed by atoms with E-state index >= 15 is 0 Å². The van der Waals surface area contributed by atoms with E-state index in [-0.39, 0.29) is 0 Å². The molecule has 0 spiro atoms. The number of fused-ring (bicyclic) bond motifs is 1. The summed E-state index contributed by atoms with van der Waals surface area (Å²) in [5, 5.41) is 3.64. The van der Waals surface area contributed by atoms with Gasteiger partial charge in [0.1, 0.15) is 0 Å². The molecule has 0 aromatic heterocycles. The van der Waals surface area contributed by atoms with Crippen LogP contribution in [0.1, 0.15) is 33.1 Å². The fourth-order valence-corrected chi connectivity index (χ4v) is 2.87. The van der Waals surface area contributed by atoms with E-state index < -0.39 is 0 Å². The van der Waals surface area contributed by atoms with E-state index in [1.807, 2.05) is 0 Å². The number of hydrogen-bond acceptors (Lipinski definition) is 2. The molecule has 0 bridgehead atoms. The lowest BCUT2D eigenvalue weighted by atomic mass is 10.1. The second-order valence-corrected chi connectivity index (χ2v) is 4.95. The van der Waals surface area contributed by atoms with Crippen LogP contribution in [-0.2, 0) is 0 Å². The highest BCUT2D eigenvalue weighted by Gasteiger charge is 2.34. The zero-order valence-electron chi connectivity index (χ0n) is 8.92.